The number of hydrogen-bond donors (Lipinski definition) is 1. The summed E-state index contributed by atoms with van der Waals surface area (Å²) in [7, 11) is 0. The Hall–Kier alpha value is -1.91. The maximum atomic E-state index is 5.93. The summed E-state index contributed by atoms with van der Waals surface area (Å²) in [5, 5.41) is 6.78. The van der Waals surface area contributed by atoms with Crippen molar-refractivity contribution in [2.45, 2.75) is 32.9 Å². The molecule has 0 aliphatic heterocycles. The third-order valence-corrected chi connectivity index (χ3v) is 4.66. The van der Waals surface area contributed by atoms with Crippen LogP contribution in [0.3, 0.4) is 0 Å². The number of aryl methyl sites for hydroxylation is 1. The first-order valence-electron chi connectivity index (χ1n) is 7.56. The van der Waals surface area contributed by atoms with Crippen molar-refractivity contribution >= 4 is 11.3 Å². The molecule has 3 rings (SSSR count). The molecule has 4 heteroatoms. The van der Waals surface area contributed by atoms with Crippen molar-refractivity contribution in [3.8, 4) is 11.3 Å². The van der Waals surface area contributed by atoms with Crippen LogP contribution in [0.25, 0.3) is 11.3 Å². The minimum atomic E-state index is 0.281. The summed E-state index contributed by atoms with van der Waals surface area (Å²) < 4.78 is 5.93. The van der Waals surface area contributed by atoms with Crippen LogP contribution in [0.15, 0.2) is 52.3 Å². The number of aromatic nitrogens is 1. The molecule has 1 N–H and O–H groups in total. The van der Waals surface area contributed by atoms with Gasteiger partial charge in [0.1, 0.15) is 16.5 Å². The fraction of sp³-hybridized carbons (Fsp3) is 0.278. The molecule has 1 aromatic carbocycles. The van der Waals surface area contributed by atoms with Gasteiger partial charge in [0.15, 0.2) is 0 Å². The Balaban J connectivity index is 1.65. The minimum Gasteiger partial charge on any atom is -0.460 e. The van der Waals surface area contributed by atoms with E-state index in [1.807, 2.05) is 37.3 Å². The van der Waals surface area contributed by atoms with Crippen LogP contribution in [0.1, 0.15) is 35.8 Å². The summed E-state index contributed by atoms with van der Waals surface area (Å²) in [4.78, 5) is 4.57. The molecule has 2 aromatic heterocycles. The lowest BCUT2D eigenvalue weighted by atomic mass is 10.2. The third kappa shape index (κ3) is 3.46. The molecule has 1 unspecified atom stereocenters. The molecule has 3 nitrogen and oxygen atoms in total. The lowest BCUT2D eigenvalue weighted by Crippen LogP contribution is -2.19. The number of nitrogens with zero attached hydrogens (tertiary/aromatic N) is 1. The van der Waals surface area contributed by atoms with E-state index < -0.39 is 0 Å². The maximum Gasteiger partial charge on any atom is 0.134 e. The van der Waals surface area contributed by atoms with Gasteiger partial charge in [-0.05, 0) is 25.5 Å². The van der Waals surface area contributed by atoms with Gasteiger partial charge < -0.3 is 9.73 Å². The van der Waals surface area contributed by atoms with Crippen molar-refractivity contribution in [2.75, 3.05) is 0 Å². The summed E-state index contributed by atoms with van der Waals surface area (Å²) in [6, 6.07) is 14.5. The van der Waals surface area contributed by atoms with E-state index in [1.54, 1.807) is 11.3 Å². The number of thiazole rings is 1. The number of benzene rings is 1. The molecular formula is C18H20N2OS. The fourth-order valence-electron chi connectivity index (χ4n) is 2.39. The first kappa shape index (κ1) is 15.0. The van der Waals surface area contributed by atoms with Crippen LogP contribution in [0.4, 0.5) is 0 Å². The Labute approximate surface area is 135 Å². The van der Waals surface area contributed by atoms with E-state index >= 15 is 0 Å². The highest BCUT2D eigenvalue weighted by Gasteiger charge is 2.13. The van der Waals surface area contributed by atoms with E-state index in [0.29, 0.717) is 6.54 Å². The highest BCUT2D eigenvalue weighted by atomic mass is 32.1. The van der Waals surface area contributed by atoms with E-state index in [9.17, 15) is 0 Å². The van der Waals surface area contributed by atoms with Gasteiger partial charge in [-0.1, -0.05) is 37.3 Å². The molecule has 0 saturated heterocycles. The van der Waals surface area contributed by atoms with Crippen LogP contribution in [0.2, 0.25) is 0 Å². The third-order valence-electron chi connectivity index (χ3n) is 3.59. The molecule has 1 atom stereocenters. The second-order valence-corrected chi connectivity index (χ2v) is 6.19. The Morgan fingerprint density at radius 1 is 1.18 bits per heavy atom. The highest BCUT2D eigenvalue weighted by Crippen LogP contribution is 2.24. The number of rotatable bonds is 6. The van der Waals surface area contributed by atoms with Crippen molar-refractivity contribution in [1.82, 2.24) is 10.3 Å². The SMILES string of the molecule is CCC(NCc1ccc(-c2ccccc2)o1)c1nc(C)cs1. The molecule has 0 aliphatic rings. The topological polar surface area (TPSA) is 38.1 Å². The van der Waals surface area contributed by atoms with Crippen LogP contribution >= 0.6 is 11.3 Å². The van der Waals surface area contributed by atoms with Crippen LogP contribution in [-0.4, -0.2) is 4.98 Å². The quantitative estimate of drug-likeness (QED) is 0.699. The predicted octanol–water partition coefficient (Wildman–Crippen LogP) is 4.95. The summed E-state index contributed by atoms with van der Waals surface area (Å²) in [5.74, 6) is 1.86. The standard InChI is InChI=1S/C18H20N2OS/c1-3-16(18-20-13(2)12-22-18)19-11-15-9-10-17(21-15)14-7-5-4-6-8-14/h4-10,12,16,19H,3,11H2,1-2H3. The molecule has 0 amide bonds. The van der Waals surface area contributed by atoms with E-state index in [-0.39, 0.29) is 6.04 Å². The van der Waals surface area contributed by atoms with Gasteiger partial charge in [0.25, 0.3) is 0 Å². The summed E-state index contributed by atoms with van der Waals surface area (Å²) in [5.41, 5.74) is 2.20. The Morgan fingerprint density at radius 2 is 2.00 bits per heavy atom. The molecule has 0 saturated carbocycles. The Morgan fingerprint density at radius 3 is 2.68 bits per heavy atom. The number of furan rings is 1. The smallest absolute Gasteiger partial charge is 0.134 e. The zero-order valence-corrected chi connectivity index (χ0v) is 13.7. The van der Waals surface area contributed by atoms with Crippen LogP contribution in [-0.2, 0) is 6.54 Å². The molecule has 2 heterocycles. The molecule has 0 radical (unpaired) electrons. The second-order valence-electron chi connectivity index (χ2n) is 5.30. The normalized spacial score (nSPS) is 12.5. The van der Waals surface area contributed by atoms with E-state index in [1.165, 1.54) is 0 Å². The van der Waals surface area contributed by atoms with Gasteiger partial charge in [0, 0.05) is 16.6 Å². The molecule has 0 bridgehead atoms. The second kappa shape index (κ2) is 6.90. The molecule has 0 aliphatic carbocycles. The van der Waals surface area contributed by atoms with Crippen molar-refractivity contribution in [2.24, 2.45) is 0 Å². The molecule has 0 fully saturated rings. The molecule has 114 valence electrons. The van der Waals surface area contributed by atoms with Gasteiger partial charge in [-0.2, -0.15) is 0 Å². The summed E-state index contributed by atoms with van der Waals surface area (Å²) in [6.07, 6.45) is 1.01. The first-order valence-corrected chi connectivity index (χ1v) is 8.43. The van der Waals surface area contributed by atoms with E-state index in [2.05, 4.69) is 34.7 Å². The van der Waals surface area contributed by atoms with Gasteiger partial charge >= 0.3 is 0 Å². The Kier molecular flexibility index (Phi) is 4.71. The fourth-order valence-corrected chi connectivity index (χ4v) is 3.35. The lowest BCUT2D eigenvalue weighted by Gasteiger charge is -2.13. The first-order chi connectivity index (χ1) is 10.8. The predicted molar refractivity (Wildman–Crippen MR) is 90.9 cm³/mol. The van der Waals surface area contributed by atoms with Gasteiger partial charge in [-0.25, -0.2) is 4.98 Å². The Bertz CT molecular complexity index is 718. The zero-order chi connectivity index (χ0) is 15.4. The summed E-state index contributed by atoms with van der Waals surface area (Å²) in [6.45, 7) is 4.92. The average molecular weight is 312 g/mol. The van der Waals surface area contributed by atoms with Crippen molar-refractivity contribution < 1.29 is 4.42 Å². The van der Waals surface area contributed by atoms with Gasteiger partial charge in [-0.3, -0.25) is 0 Å². The lowest BCUT2D eigenvalue weighted by molar-refractivity contribution is 0.448. The molecular weight excluding hydrogens is 292 g/mol. The van der Waals surface area contributed by atoms with E-state index in [4.69, 9.17) is 4.42 Å². The average Bonchev–Trinajstić information content (AvgIpc) is 3.18. The summed E-state index contributed by atoms with van der Waals surface area (Å²) >= 11 is 1.72. The van der Waals surface area contributed by atoms with Crippen molar-refractivity contribution in [1.29, 1.82) is 0 Å². The monoisotopic (exact) mass is 312 g/mol. The van der Waals surface area contributed by atoms with E-state index in [0.717, 1.165) is 34.2 Å². The molecule has 0 spiro atoms. The highest BCUT2D eigenvalue weighted by molar-refractivity contribution is 7.09. The minimum absolute atomic E-state index is 0.281. The zero-order valence-electron chi connectivity index (χ0n) is 12.9. The maximum absolute atomic E-state index is 5.93. The van der Waals surface area contributed by atoms with Gasteiger partial charge in [0.05, 0.1) is 12.6 Å². The van der Waals surface area contributed by atoms with Crippen molar-refractivity contribution in [3.63, 3.8) is 0 Å². The molecule has 3 aromatic rings. The van der Waals surface area contributed by atoms with Crippen LogP contribution in [0, 0.1) is 6.92 Å². The van der Waals surface area contributed by atoms with Gasteiger partial charge in [-0.15, -0.1) is 11.3 Å². The number of hydrogen-bond acceptors (Lipinski definition) is 4. The van der Waals surface area contributed by atoms with Crippen LogP contribution in [0.5, 0.6) is 0 Å². The largest absolute Gasteiger partial charge is 0.460 e. The van der Waals surface area contributed by atoms with Crippen molar-refractivity contribution in [3.05, 3.63) is 64.3 Å². The number of nitrogens with one attached hydrogen (secondary N) is 1. The molecule has 22 heavy (non-hydrogen) atoms. The van der Waals surface area contributed by atoms with Gasteiger partial charge in [0.2, 0.25) is 0 Å². The van der Waals surface area contributed by atoms with Crippen LogP contribution < -0.4 is 5.32 Å².